The standard InChI is InChI=1S/C39H36P2.C14H12O2S/c1-7-20-34(21-8-1)40(35-22-9-2-10-23-35,36-24-11-3-12-25-36)32-19-33-41(37-26-13-4-14-27-37,38-28-15-5-16-29-38)39-30-17-6-18-31-39;15-14(16)12-8-4-5-9-13(12)17-10-11-6-2-1-3-7-11/h1-18,20-31H,19,32-33H2;1-9H,10H2,(H,15,16)/q+2;. The van der Waals surface area contributed by atoms with Gasteiger partial charge in [0.25, 0.3) is 0 Å². The lowest BCUT2D eigenvalue weighted by molar-refractivity contribution is 0.0693. The zero-order valence-electron chi connectivity index (χ0n) is 32.5. The van der Waals surface area contributed by atoms with E-state index < -0.39 is 20.5 Å². The van der Waals surface area contributed by atoms with E-state index in [4.69, 9.17) is 5.11 Å². The van der Waals surface area contributed by atoms with Crippen LogP contribution in [0.4, 0.5) is 0 Å². The van der Waals surface area contributed by atoms with Crippen molar-refractivity contribution in [3.8, 4) is 0 Å². The van der Waals surface area contributed by atoms with Gasteiger partial charge in [0.2, 0.25) is 0 Å². The average Bonchev–Trinajstić information content (AvgIpc) is 3.31. The Morgan fingerprint density at radius 2 is 0.655 bits per heavy atom. The Kier molecular flexibility index (Phi) is 14.2. The van der Waals surface area contributed by atoms with E-state index in [0.29, 0.717) is 5.56 Å². The third-order valence-electron chi connectivity index (χ3n) is 10.5. The summed E-state index contributed by atoms with van der Waals surface area (Å²) < 4.78 is 0. The highest BCUT2D eigenvalue weighted by Gasteiger charge is 2.49. The van der Waals surface area contributed by atoms with E-state index in [1.165, 1.54) is 37.4 Å². The maximum Gasteiger partial charge on any atom is 0.336 e. The van der Waals surface area contributed by atoms with E-state index in [2.05, 4.69) is 182 Å². The molecule has 0 aromatic heterocycles. The van der Waals surface area contributed by atoms with Crippen LogP contribution in [0.2, 0.25) is 0 Å². The Bertz CT molecular complexity index is 2110. The van der Waals surface area contributed by atoms with Gasteiger partial charge < -0.3 is 5.11 Å². The third-order valence-corrected chi connectivity index (χ3v) is 20.7. The largest absolute Gasteiger partial charge is 0.478 e. The van der Waals surface area contributed by atoms with Gasteiger partial charge in [0, 0.05) is 17.1 Å². The fourth-order valence-corrected chi connectivity index (χ4v) is 17.8. The number of carboxylic acid groups (broad SMARTS) is 1. The molecule has 0 amide bonds. The van der Waals surface area contributed by atoms with Gasteiger partial charge in [0.1, 0.15) is 46.4 Å². The molecule has 0 radical (unpaired) electrons. The second-order valence-electron chi connectivity index (χ2n) is 14.0. The number of carbonyl (C=O) groups is 1. The van der Waals surface area contributed by atoms with Gasteiger partial charge in [-0.05, 0) is 90.5 Å². The fraction of sp³-hybridized carbons (Fsp3) is 0.0755. The van der Waals surface area contributed by atoms with Crippen LogP contribution in [0.25, 0.3) is 0 Å². The number of hydrogen-bond acceptors (Lipinski definition) is 2. The number of carboxylic acids is 1. The molecule has 0 unspecified atom stereocenters. The van der Waals surface area contributed by atoms with E-state index >= 15 is 0 Å². The van der Waals surface area contributed by atoms with Crippen molar-refractivity contribution < 1.29 is 9.90 Å². The van der Waals surface area contributed by atoms with Crippen molar-refractivity contribution in [3.63, 3.8) is 0 Å². The molecular weight excluding hydrogens is 763 g/mol. The van der Waals surface area contributed by atoms with Crippen molar-refractivity contribution in [2.45, 2.75) is 17.1 Å². The Hall–Kier alpha value is -5.56. The zero-order valence-corrected chi connectivity index (χ0v) is 35.1. The summed E-state index contributed by atoms with van der Waals surface area (Å²) in [5, 5.41) is 17.8. The average molecular weight is 811 g/mol. The van der Waals surface area contributed by atoms with Gasteiger partial charge in [0.15, 0.2) is 0 Å². The molecule has 0 bridgehead atoms. The van der Waals surface area contributed by atoms with Crippen LogP contribution in [0.15, 0.2) is 241 Å². The summed E-state index contributed by atoms with van der Waals surface area (Å²) in [5.41, 5.74) is 1.56. The number of aromatic carboxylic acids is 1. The highest BCUT2D eigenvalue weighted by atomic mass is 32.2. The van der Waals surface area contributed by atoms with Crippen LogP contribution in [-0.4, -0.2) is 23.4 Å². The predicted molar refractivity (Wildman–Crippen MR) is 254 cm³/mol. The van der Waals surface area contributed by atoms with Crippen LogP contribution in [0.5, 0.6) is 0 Å². The van der Waals surface area contributed by atoms with Crippen LogP contribution < -0.4 is 31.8 Å². The maximum absolute atomic E-state index is 11.0. The van der Waals surface area contributed by atoms with Crippen LogP contribution in [-0.2, 0) is 5.75 Å². The molecule has 0 aliphatic rings. The summed E-state index contributed by atoms with van der Waals surface area (Å²) in [6.07, 6.45) is 3.37. The number of hydrogen-bond donors (Lipinski definition) is 1. The van der Waals surface area contributed by atoms with E-state index in [9.17, 15) is 4.79 Å². The minimum Gasteiger partial charge on any atom is -0.478 e. The van der Waals surface area contributed by atoms with Gasteiger partial charge in [-0.1, -0.05) is 152 Å². The van der Waals surface area contributed by atoms with E-state index in [-0.39, 0.29) is 0 Å². The van der Waals surface area contributed by atoms with Gasteiger partial charge in [-0.25, -0.2) is 4.79 Å². The summed E-state index contributed by atoms with van der Waals surface area (Å²) >= 11 is 1.55. The Balaban J connectivity index is 0.000000252. The molecule has 8 aromatic rings. The zero-order chi connectivity index (χ0) is 39.9. The van der Waals surface area contributed by atoms with E-state index in [0.717, 1.165) is 29.4 Å². The summed E-state index contributed by atoms with van der Waals surface area (Å²) in [7, 11) is -3.79. The Morgan fingerprint density at radius 3 is 0.966 bits per heavy atom. The quantitative estimate of drug-likeness (QED) is 0.0878. The second-order valence-corrected chi connectivity index (χ2v) is 22.3. The molecule has 8 rings (SSSR count). The molecule has 0 atom stereocenters. The van der Waals surface area contributed by atoms with Crippen molar-refractivity contribution >= 4 is 64.1 Å². The lowest BCUT2D eigenvalue weighted by atomic mass is 10.2. The van der Waals surface area contributed by atoms with E-state index in [1.54, 1.807) is 23.9 Å². The molecule has 0 heterocycles. The predicted octanol–water partition coefficient (Wildman–Crippen LogP) is 11.0. The number of thioether (sulfide) groups is 1. The van der Waals surface area contributed by atoms with Gasteiger partial charge in [-0.3, -0.25) is 0 Å². The smallest absolute Gasteiger partial charge is 0.336 e. The highest BCUT2D eigenvalue weighted by Crippen LogP contribution is 2.60. The highest BCUT2D eigenvalue weighted by molar-refractivity contribution is 7.98. The van der Waals surface area contributed by atoms with Gasteiger partial charge in [-0.2, -0.15) is 0 Å². The molecule has 8 aromatic carbocycles. The topological polar surface area (TPSA) is 37.3 Å². The first-order chi connectivity index (χ1) is 28.6. The molecule has 0 saturated heterocycles. The lowest BCUT2D eigenvalue weighted by Crippen LogP contribution is -2.36. The van der Waals surface area contributed by atoms with Gasteiger partial charge in [-0.15, -0.1) is 11.8 Å². The summed E-state index contributed by atoms with van der Waals surface area (Å²) in [5.74, 6) is -0.0911. The van der Waals surface area contributed by atoms with Crippen LogP contribution in [0, 0.1) is 0 Å². The molecule has 0 spiro atoms. The first-order valence-corrected chi connectivity index (χ1v) is 24.6. The first kappa shape index (κ1) is 40.6. The first-order valence-electron chi connectivity index (χ1n) is 19.7. The molecule has 286 valence electrons. The van der Waals surface area contributed by atoms with Crippen molar-refractivity contribution in [1.82, 2.24) is 0 Å². The van der Waals surface area contributed by atoms with Crippen LogP contribution in [0.1, 0.15) is 22.3 Å². The normalized spacial score (nSPS) is 11.2. The molecule has 0 saturated carbocycles. The Morgan fingerprint density at radius 1 is 0.379 bits per heavy atom. The van der Waals surface area contributed by atoms with Gasteiger partial charge in [0.05, 0.1) is 17.9 Å². The molecule has 5 heteroatoms. The molecule has 0 fully saturated rings. The van der Waals surface area contributed by atoms with Crippen molar-refractivity contribution in [2.75, 3.05) is 12.3 Å². The van der Waals surface area contributed by atoms with Crippen molar-refractivity contribution in [3.05, 3.63) is 248 Å². The van der Waals surface area contributed by atoms with Crippen molar-refractivity contribution in [2.24, 2.45) is 0 Å². The van der Waals surface area contributed by atoms with Crippen LogP contribution in [0.3, 0.4) is 0 Å². The Labute approximate surface area is 349 Å². The van der Waals surface area contributed by atoms with Crippen molar-refractivity contribution in [1.29, 1.82) is 0 Å². The summed E-state index contributed by atoms with van der Waals surface area (Å²) in [4.78, 5) is 11.8. The maximum atomic E-state index is 11.0. The van der Waals surface area contributed by atoms with Gasteiger partial charge >= 0.3 is 5.97 Å². The molecule has 1 N–H and O–H groups in total. The van der Waals surface area contributed by atoms with Crippen LogP contribution >= 0.6 is 26.3 Å². The monoisotopic (exact) mass is 810 g/mol. The minimum absolute atomic E-state index is 0.369. The molecule has 2 nitrogen and oxygen atoms in total. The SMILES string of the molecule is O=C(O)c1ccccc1SCc1ccccc1.c1ccc([P+](CCC[P+](c2ccccc2)(c2ccccc2)c2ccccc2)(c2ccccc2)c2ccccc2)cc1. The van der Waals surface area contributed by atoms with E-state index in [1.807, 2.05) is 42.5 Å². The number of benzene rings is 8. The molecule has 58 heavy (non-hydrogen) atoms. The summed E-state index contributed by atoms with van der Waals surface area (Å²) in [6, 6.07) is 84.9. The lowest BCUT2D eigenvalue weighted by Gasteiger charge is -2.30. The molecule has 0 aliphatic carbocycles. The fourth-order valence-electron chi connectivity index (χ4n) is 7.81. The summed E-state index contributed by atoms with van der Waals surface area (Å²) in [6.45, 7) is 0. The molecular formula is C53H48O2P2S+2. The second kappa shape index (κ2) is 20.2. The third kappa shape index (κ3) is 9.41. The molecule has 0 aliphatic heterocycles. The number of rotatable bonds is 14. The minimum atomic E-state index is -1.90.